The van der Waals surface area contributed by atoms with Crippen molar-refractivity contribution in [2.75, 3.05) is 22.4 Å². The van der Waals surface area contributed by atoms with Crippen LogP contribution in [-0.2, 0) is 21.2 Å². The lowest BCUT2D eigenvalue weighted by Crippen LogP contribution is -2.38. The number of amides is 1. The van der Waals surface area contributed by atoms with Crippen LogP contribution in [0.5, 0.6) is 0 Å². The fourth-order valence-electron chi connectivity index (χ4n) is 2.97. The first-order chi connectivity index (χ1) is 13.1. The Morgan fingerprint density at radius 1 is 1.18 bits per heavy atom. The highest BCUT2D eigenvalue weighted by Crippen LogP contribution is 2.30. The van der Waals surface area contributed by atoms with E-state index in [-0.39, 0.29) is 16.9 Å². The van der Waals surface area contributed by atoms with Crippen molar-refractivity contribution in [3.05, 3.63) is 63.2 Å². The second-order valence-electron chi connectivity index (χ2n) is 6.46. The third kappa shape index (κ3) is 4.66. The second-order valence-corrected chi connectivity index (χ2v) is 8.37. The topological polar surface area (TPSA) is 110 Å². The van der Waals surface area contributed by atoms with Gasteiger partial charge in [0, 0.05) is 11.8 Å². The molecular formula is C19H23N3O5S. The van der Waals surface area contributed by atoms with Gasteiger partial charge in [0.2, 0.25) is 15.9 Å². The molecule has 0 heterocycles. The first-order valence-electron chi connectivity index (χ1n) is 8.66. The van der Waals surface area contributed by atoms with Crippen molar-refractivity contribution < 1.29 is 18.1 Å². The predicted molar refractivity (Wildman–Crippen MR) is 109 cm³/mol. The summed E-state index contributed by atoms with van der Waals surface area (Å²) in [7, 11) is -3.85. The molecule has 0 atom stereocenters. The number of nitro benzene ring substituents is 1. The van der Waals surface area contributed by atoms with Crippen LogP contribution in [0.2, 0.25) is 0 Å². The van der Waals surface area contributed by atoms with Gasteiger partial charge in [-0.1, -0.05) is 31.2 Å². The smallest absolute Gasteiger partial charge is 0.274 e. The zero-order valence-corrected chi connectivity index (χ0v) is 17.0. The molecule has 9 heteroatoms. The predicted octanol–water partition coefficient (Wildman–Crippen LogP) is 3.18. The molecule has 0 radical (unpaired) electrons. The van der Waals surface area contributed by atoms with Gasteiger partial charge < -0.3 is 5.32 Å². The maximum Gasteiger partial charge on any atom is 0.274 e. The molecule has 0 bridgehead atoms. The Hall–Kier alpha value is -2.94. The van der Waals surface area contributed by atoms with Crippen LogP contribution in [0.1, 0.15) is 23.6 Å². The number of rotatable bonds is 7. The van der Waals surface area contributed by atoms with Gasteiger partial charge in [-0.05, 0) is 37.5 Å². The minimum Gasteiger partial charge on any atom is -0.324 e. The SMILES string of the molecule is CCc1cccc(C)c1NC(=O)CN(c1cccc([N+](=O)[O-])c1C)S(C)(=O)=O. The van der Waals surface area contributed by atoms with E-state index < -0.39 is 27.4 Å². The van der Waals surface area contributed by atoms with Gasteiger partial charge in [0.15, 0.2) is 0 Å². The number of sulfonamides is 1. The molecule has 2 rings (SSSR count). The monoisotopic (exact) mass is 405 g/mol. The number of hydrogen-bond acceptors (Lipinski definition) is 5. The number of aryl methyl sites for hydroxylation is 2. The summed E-state index contributed by atoms with van der Waals surface area (Å²) < 4.78 is 25.5. The van der Waals surface area contributed by atoms with Crippen LogP contribution in [0.3, 0.4) is 0 Å². The van der Waals surface area contributed by atoms with E-state index in [1.807, 2.05) is 32.0 Å². The molecule has 0 aliphatic rings. The van der Waals surface area contributed by atoms with Gasteiger partial charge in [-0.3, -0.25) is 19.2 Å². The Balaban J connectivity index is 2.39. The van der Waals surface area contributed by atoms with E-state index in [2.05, 4.69) is 5.32 Å². The van der Waals surface area contributed by atoms with E-state index in [9.17, 15) is 23.3 Å². The summed E-state index contributed by atoms with van der Waals surface area (Å²) in [5.74, 6) is -0.527. The fraction of sp³-hybridized carbons (Fsp3) is 0.316. The zero-order chi connectivity index (χ0) is 21.1. The Morgan fingerprint density at radius 3 is 2.39 bits per heavy atom. The van der Waals surface area contributed by atoms with Gasteiger partial charge in [-0.25, -0.2) is 8.42 Å². The minimum atomic E-state index is -3.85. The van der Waals surface area contributed by atoms with Crippen molar-refractivity contribution in [1.82, 2.24) is 0 Å². The Kier molecular flexibility index (Phi) is 6.40. The lowest BCUT2D eigenvalue weighted by atomic mass is 10.1. The molecular weight excluding hydrogens is 382 g/mol. The Morgan fingerprint density at radius 2 is 1.82 bits per heavy atom. The Labute approximate surface area is 164 Å². The van der Waals surface area contributed by atoms with Gasteiger partial charge in [0.25, 0.3) is 5.69 Å². The van der Waals surface area contributed by atoms with Crippen LogP contribution >= 0.6 is 0 Å². The number of carbonyl (C=O) groups excluding carboxylic acids is 1. The second kappa shape index (κ2) is 8.39. The third-order valence-corrected chi connectivity index (χ3v) is 5.56. The lowest BCUT2D eigenvalue weighted by molar-refractivity contribution is -0.385. The summed E-state index contributed by atoms with van der Waals surface area (Å²) in [4.78, 5) is 23.2. The summed E-state index contributed by atoms with van der Waals surface area (Å²) in [5, 5.41) is 14.0. The summed E-state index contributed by atoms with van der Waals surface area (Å²) in [6.45, 7) is 4.78. The number of para-hydroxylation sites is 1. The summed E-state index contributed by atoms with van der Waals surface area (Å²) in [6.07, 6.45) is 1.67. The van der Waals surface area contributed by atoms with Crippen molar-refractivity contribution in [3.63, 3.8) is 0 Å². The number of hydrogen-bond donors (Lipinski definition) is 1. The zero-order valence-electron chi connectivity index (χ0n) is 16.2. The maximum atomic E-state index is 12.6. The third-order valence-electron chi connectivity index (χ3n) is 4.43. The highest BCUT2D eigenvalue weighted by molar-refractivity contribution is 7.92. The first-order valence-corrected chi connectivity index (χ1v) is 10.5. The van der Waals surface area contributed by atoms with E-state index >= 15 is 0 Å². The van der Waals surface area contributed by atoms with Crippen molar-refractivity contribution in [2.24, 2.45) is 0 Å². The van der Waals surface area contributed by atoms with Crippen LogP contribution in [-0.4, -0.2) is 32.0 Å². The molecule has 1 amide bonds. The Bertz CT molecular complexity index is 1020. The molecule has 8 nitrogen and oxygen atoms in total. The van der Waals surface area contributed by atoms with E-state index in [0.29, 0.717) is 12.1 Å². The van der Waals surface area contributed by atoms with Crippen LogP contribution in [0, 0.1) is 24.0 Å². The van der Waals surface area contributed by atoms with Crippen molar-refractivity contribution >= 4 is 33.0 Å². The molecule has 150 valence electrons. The number of benzene rings is 2. The molecule has 0 aliphatic carbocycles. The van der Waals surface area contributed by atoms with Crippen molar-refractivity contribution in [2.45, 2.75) is 27.2 Å². The van der Waals surface area contributed by atoms with E-state index in [4.69, 9.17) is 0 Å². The standard InChI is InChI=1S/C19H23N3O5S/c1-5-15-9-6-8-13(2)19(15)20-18(23)12-21(28(4,26)27)16-10-7-11-17(14(16)3)22(24)25/h6-11H,5,12H2,1-4H3,(H,20,23). The molecule has 0 aliphatic heterocycles. The molecule has 0 fully saturated rings. The maximum absolute atomic E-state index is 12.6. The van der Waals surface area contributed by atoms with Crippen molar-refractivity contribution in [3.8, 4) is 0 Å². The van der Waals surface area contributed by atoms with Gasteiger partial charge in [0.1, 0.15) is 6.54 Å². The number of nitrogens with zero attached hydrogens (tertiary/aromatic N) is 2. The quantitative estimate of drug-likeness (QED) is 0.562. The van der Waals surface area contributed by atoms with Gasteiger partial charge in [-0.2, -0.15) is 0 Å². The van der Waals surface area contributed by atoms with Gasteiger partial charge in [-0.15, -0.1) is 0 Å². The molecule has 0 unspecified atom stereocenters. The van der Waals surface area contributed by atoms with Crippen LogP contribution in [0.4, 0.5) is 17.1 Å². The molecule has 2 aromatic carbocycles. The molecule has 0 spiro atoms. The summed E-state index contributed by atoms with van der Waals surface area (Å²) >= 11 is 0. The van der Waals surface area contributed by atoms with Crippen LogP contribution in [0.15, 0.2) is 36.4 Å². The number of nitro groups is 1. The molecule has 0 saturated heterocycles. The highest BCUT2D eigenvalue weighted by atomic mass is 32.2. The van der Waals surface area contributed by atoms with Gasteiger partial charge >= 0.3 is 0 Å². The molecule has 0 saturated carbocycles. The van der Waals surface area contributed by atoms with Crippen LogP contribution in [0.25, 0.3) is 0 Å². The lowest BCUT2D eigenvalue weighted by Gasteiger charge is -2.24. The van der Waals surface area contributed by atoms with Crippen LogP contribution < -0.4 is 9.62 Å². The molecule has 0 aromatic heterocycles. The molecule has 2 aromatic rings. The summed E-state index contributed by atoms with van der Waals surface area (Å²) in [5.41, 5.74) is 2.53. The molecule has 28 heavy (non-hydrogen) atoms. The van der Waals surface area contributed by atoms with Gasteiger partial charge in [0.05, 0.1) is 22.4 Å². The fourth-order valence-corrected chi connectivity index (χ4v) is 3.88. The minimum absolute atomic E-state index is 0.104. The highest BCUT2D eigenvalue weighted by Gasteiger charge is 2.26. The molecule has 1 N–H and O–H groups in total. The van der Waals surface area contributed by atoms with E-state index in [0.717, 1.165) is 21.7 Å². The van der Waals surface area contributed by atoms with E-state index in [1.54, 1.807) is 0 Å². The van der Waals surface area contributed by atoms with E-state index in [1.165, 1.54) is 25.1 Å². The number of nitrogens with one attached hydrogen (secondary N) is 1. The summed E-state index contributed by atoms with van der Waals surface area (Å²) in [6, 6.07) is 9.77. The average molecular weight is 405 g/mol. The average Bonchev–Trinajstić information content (AvgIpc) is 2.60. The number of anilines is 2. The number of carbonyl (C=O) groups is 1. The van der Waals surface area contributed by atoms with Crippen molar-refractivity contribution in [1.29, 1.82) is 0 Å². The normalized spacial score (nSPS) is 11.1. The largest absolute Gasteiger partial charge is 0.324 e. The first kappa shape index (κ1) is 21.4.